The molecule has 2 aromatic rings. The molecule has 1 aliphatic rings. The van der Waals surface area contributed by atoms with Gasteiger partial charge in [-0.1, -0.05) is 12.1 Å². The minimum Gasteiger partial charge on any atom is -0.363 e. The maximum Gasteiger partial charge on any atom is 0.191 e. The van der Waals surface area contributed by atoms with Crippen molar-refractivity contribution in [3.63, 3.8) is 0 Å². The Hall–Kier alpha value is -1.35. The Morgan fingerprint density at radius 2 is 2.07 bits per heavy atom. The molecule has 0 spiro atoms. The first-order valence-corrected chi connectivity index (χ1v) is 10.1. The number of anilines is 1. The highest BCUT2D eigenvalue weighted by molar-refractivity contribution is 14.0. The van der Waals surface area contributed by atoms with Gasteiger partial charge < -0.3 is 15.5 Å². The van der Waals surface area contributed by atoms with Gasteiger partial charge in [0.2, 0.25) is 0 Å². The molecule has 148 valence electrons. The molecule has 1 aromatic heterocycles. The molecule has 1 aliphatic heterocycles. The van der Waals surface area contributed by atoms with E-state index < -0.39 is 0 Å². The summed E-state index contributed by atoms with van der Waals surface area (Å²) in [6.07, 6.45) is 2.19. The second-order valence-corrected chi connectivity index (χ2v) is 7.56. The second kappa shape index (κ2) is 10.8. The van der Waals surface area contributed by atoms with Crippen molar-refractivity contribution < 1.29 is 4.39 Å². The number of piperidine rings is 1. The molecule has 0 unspecified atom stereocenters. The zero-order valence-corrected chi connectivity index (χ0v) is 19.0. The van der Waals surface area contributed by atoms with Crippen LogP contribution in [0.15, 0.2) is 40.7 Å². The summed E-state index contributed by atoms with van der Waals surface area (Å²) in [6.45, 7) is 7.35. The van der Waals surface area contributed by atoms with Gasteiger partial charge in [-0.15, -0.1) is 35.3 Å². The molecule has 1 fully saturated rings. The van der Waals surface area contributed by atoms with Crippen molar-refractivity contribution in [1.82, 2.24) is 10.6 Å². The lowest BCUT2D eigenvalue weighted by Gasteiger charge is -2.33. The van der Waals surface area contributed by atoms with Crippen molar-refractivity contribution in [2.75, 3.05) is 24.5 Å². The van der Waals surface area contributed by atoms with Gasteiger partial charge in [-0.05, 0) is 61.4 Å². The third-order valence-corrected chi connectivity index (χ3v) is 5.57. The molecule has 0 saturated carbocycles. The Bertz CT molecular complexity index is 728. The van der Waals surface area contributed by atoms with Gasteiger partial charge in [-0.25, -0.2) is 9.38 Å². The summed E-state index contributed by atoms with van der Waals surface area (Å²) in [5.74, 6) is 0.671. The van der Waals surface area contributed by atoms with Crippen molar-refractivity contribution in [3.8, 4) is 0 Å². The number of nitrogens with one attached hydrogen (secondary N) is 2. The van der Waals surface area contributed by atoms with E-state index in [9.17, 15) is 4.39 Å². The van der Waals surface area contributed by atoms with E-state index in [-0.39, 0.29) is 29.8 Å². The summed E-state index contributed by atoms with van der Waals surface area (Å²) < 4.78 is 13.4. The second-order valence-electron chi connectivity index (χ2n) is 6.64. The van der Waals surface area contributed by atoms with Crippen LogP contribution in [0.3, 0.4) is 0 Å². The minimum absolute atomic E-state index is 0. The first kappa shape index (κ1) is 21.9. The molecular weight excluding hydrogens is 474 g/mol. The fourth-order valence-electron chi connectivity index (χ4n) is 3.18. The van der Waals surface area contributed by atoms with Crippen LogP contribution in [0.2, 0.25) is 0 Å². The monoisotopic (exact) mass is 502 g/mol. The molecule has 1 saturated heterocycles. The van der Waals surface area contributed by atoms with Gasteiger partial charge in [-0.2, -0.15) is 0 Å². The summed E-state index contributed by atoms with van der Waals surface area (Å²) in [5.41, 5.74) is 1.69. The van der Waals surface area contributed by atoms with E-state index in [1.807, 2.05) is 6.07 Å². The molecule has 0 radical (unpaired) electrons. The lowest BCUT2D eigenvalue weighted by molar-refractivity contribution is 0.463. The summed E-state index contributed by atoms with van der Waals surface area (Å²) in [7, 11) is 0. The molecule has 3 rings (SSSR count). The van der Waals surface area contributed by atoms with Gasteiger partial charge in [0.05, 0.1) is 11.5 Å². The normalized spacial score (nSPS) is 15.4. The molecule has 1 aromatic carbocycles. The number of hydrogen-bond donors (Lipinski definition) is 2. The largest absolute Gasteiger partial charge is 0.363 e. The zero-order valence-electron chi connectivity index (χ0n) is 15.9. The van der Waals surface area contributed by atoms with E-state index >= 15 is 0 Å². The number of halogens is 2. The van der Waals surface area contributed by atoms with Crippen molar-refractivity contribution in [2.45, 2.75) is 39.3 Å². The van der Waals surface area contributed by atoms with Crippen LogP contribution in [0.4, 0.5) is 9.39 Å². The van der Waals surface area contributed by atoms with Crippen molar-refractivity contribution in [2.24, 2.45) is 4.99 Å². The fourth-order valence-corrected chi connectivity index (χ4v) is 3.97. The predicted octanol–water partition coefficient (Wildman–Crippen LogP) is 4.54. The molecule has 0 atom stereocenters. The highest BCUT2D eigenvalue weighted by atomic mass is 127. The van der Waals surface area contributed by atoms with Crippen LogP contribution >= 0.6 is 35.3 Å². The molecule has 7 heteroatoms. The molecule has 0 aliphatic carbocycles. The van der Waals surface area contributed by atoms with Crippen LogP contribution in [0.5, 0.6) is 0 Å². The van der Waals surface area contributed by atoms with Crippen LogP contribution in [0, 0.1) is 12.7 Å². The van der Waals surface area contributed by atoms with Crippen LogP contribution in [-0.4, -0.2) is 31.6 Å². The molecule has 0 amide bonds. The lowest BCUT2D eigenvalue weighted by atomic mass is 10.1. The Labute approximate surface area is 182 Å². The van der Waals surface area contributed by atoms with E-state index in [2.05, 4.69) is 45.0 Å². The molecule has 27 heavy (non-hydrogen) atoms. The van der Waals surface area contributed by atoms with Crippen LogP contribution in [0.1, 0.15) is 30.9 Å². The van der Waals surface area contributed by atoms with Gasteiger partial charge in [0, 0.05) is 25.7 Å². The molecule has 0 bridgehead atoms. The fraction of sp³-hybridized carbons (Fsp3) is 0.450. The lowest BCUT2D eigenvalue weighted by Crippen LogP contribution is -2.48. The number of nitrogens with zero attached hydrogens (tertiary/aromatic N) is 2. The predicted molar refractivity (Wildman–Crippen MR) is 124 cm³/mol. The summed E-state index contributed by atoms with van der Waals surface area (Å²) in [5, 5.41) is 10.4. The molecule has 2 heterocycles. The van der Waals surface area contributed by atoms with E-state index in [4.69, 9.17) is 0 Å². The first-order chi connectivity index (χ1) is 12.7. The van der Waals surface area contributed by atoms with Crippen molar-refractivity contribution in [3.05, 3.63) is 52.7 Å². The number of hydrogen-bond acceptors (Lipinski definition) is 3. The van der Waals surface area contributed by atoms with Gasteiger partial charge in [0.15, 0.2) is 5.96 Å². The Kier molecular flexibility index (Phi) is 8.82. The highest BCUT2D eigenvalue weighted by Crippen LogP contribution is 2.24. The van der Waals surface area contributed by atoms with Crippen molar-refractivity contribution in [1.29, 1.82) is 0 Å². The Morgan fingerprint density at radius 3 is 2.70 bits per heavy atom. The van der Waals surface area contributed by atoms with Gasteiger partial charge in [0.1, 0.15) is 5.82 Å². The third-order valence-electron chi connectivity index (χ3n) is 4.64. The van der Waals surface area contributed by atoms with E-state index in [0.717, 1.165) is 44.0 Å². The first-order valence-electron chi connectivity index (χ1n) is 9.24. The maximum absolute atomic E-state index is 13.4. The van der Waals surface area contributed by atoms with E-state index in [0.29, 0.717) is 18.2 Å². The van der Waals surface area contributed by atoms with Gasteiger partial charge >= 0.3 is 0 Å². The maximum atomic E-state index is 13.4. The standard InChI is InChI=1S/C20H27FN4S.HI/c1-3-22-20(23-14-16-6-7-18(21)15(2)13-16)24-17-8-10-25(11-9-17)19-5-4-12-26-19;/h4-7,12-13,17H,3,8-11,14H2,1-2H3,(H2,22,23,24);1H. The highest BCUT2D eigenvalue weighted by Gasteiger charge is 2.20. The summed E-state index contributed by atoms with van der Waals surface area (Å²) in [6, 6.07) is 9.91. The molecule has 2 N–H and O–H groups in total. The average Bonchev–Trinajstić information content (AvgIpc) is 3.18. The summed E-state index contributed by atoms with van der Waals surface area (Å²) >= 11 is 1.80. The number of thiophene rings is 1. The third kappa shape index (κ3) is 6.34. The zero-order chi connectivity index (χ0) is 18.4. The quantitative estimate of drug-likeness (QED) is 0.359. The Balaban J connectivity index is 0.00000261. The van der Waals surface area contributed by atoms with Crippen LogP contribution in [0.25, 0.3) is 0 Å². The average molecular weight is 502 g/mol. The topological polar surface area (TPSA) is 39.7 Å². The van der Waals surface area contributed by atoms with Crippen LogP contribution in [-0.2, 0) is 6.54 Å². The van der Waals surface area contributed by atoms with E-state index in [1.165, 1.54) is 11.1 Å². The number of guanidine groups is 1. The number of rotatable bonds is 5. The van der Waals surface area contributed by atoms with Crippen molar-refractivity contribution >= 4 is 46.3 Å². The van der Waals surface area contributed by atoms with Gasteiger partial charge in [-0.3, -0.25) is 0 Å². The van der Waals surface area contributed by atoms with Crippen LogP contribution < -0.4 is 15.5 Å². The summed E-state index contributed by atoms with van der Waals surface area (Å²) in [4.78, 5) is 7.13. The molecular formula is C20H28FIN4S. The Morgan fingerprint density at radius 1 is 1.30 bits per heavy atom. The molecule has 4 nitrogen and oxygen atoms in total. The SMILES string of the molecule is CCNC(=NCc1ccc(F)c(C)c1)NC1CCN(c2cccs2)CC1.I. The van der Waals surface area contributed by atoms with E-state index in [1.54, 1.807) is 24.3 Å². The van der Waals surface area contributed by atoms with Gasteiger partial charge in [0.25, 0.3) is 0 Å². The number of benzene rings is 1. The number of aliphatic imine (C=N–C) groups is 1. The smallest absolute Gasteiger partial charge is 0.191 e. The number of aryl methyl sites for hydroxylation is 1. The minimum atomic E-state index is -0.166.